The van der Waals surface area contributed by atoms with E-state index in [1.54, 1.807) is 7.11 Å². The van der Waals surface area contributed by atoms with Crippen LogP contribution >= 0.6 is 7.92 Å². The van der Waals surface area contributed by atoms with Crippen molar-refractivity contribution < 1.29 is 4.74 Å². The fourth-order valence-electron chi connectivity index (χ4n) is 4.34. The third-order valence-electron chi connectivity index (χ3n) is 5.86. The van der Waals surface area contributed by atoms with Crippen LogP contribution in [-0.2, 0) is 4.74 Å². The van der Waals surface area contributed by atoms with Gasteiger partial charge in [-0.2, -0.15) is 5.10 Å². The van der Waals surface area contributed by atoms with E-state index in [1.165, 1.54) is 28.3 Å². The first kappa shape index (κ1) is 21.7. The second-order valence-corrected chi connectivity index (χ2v) is 10.5. The molecule has 1 heterocycles. The Morgan fingerprint density at radius 1 is 0.935 bits per heavy atom. The zero-order valence-corrected chi connectivity index (χ0v) is 19.3. The molecule has 0 radical (unpaired) electrons. The lowest BCUT2D eigenvalue weighted by Gasteiger charge is -2.29. The molecule has 1 saturated heterocycles. The molecule has 0 unspecified atom stereocenters. The summed E-state index contributed by atoms with van der Waals surface area (Å²) in [7, 11) is 1.18. The normalized spacial score (nSPS) is 17.8. The van der Waals surface area contributed by atoms with E-state index in [0.717, 1.165) is 19.6 Å². The van der Waals surface area contributed by atoms with Gasteiger partial charge in [0.05, 0.1) is 18.4 Å². The van der Waals surface area contributed by atoms with Crippen molar-refractivity contribution in [3.05, 3.63) is 96.6 Å². The molecule has 0 N–H and O–H groups in total. The van der Waals surface area contributed by atoms with Crippen LogP contribution in [0.4, 0.5) is 0 Å². The summed E-state index contributed by atoms with van der Waals surface area (Å²) in [5, 5.41) is 10.3. The van der Waals surface area contributed by atoms with E-state index in [4.69, 9.17) is 9.84 Å². The quantitative estimate of drug-likeness (QED) is 0.370. The number of nitrogens with zero attached hydrogens (tertiary/aromatic N) is 2. The highest BCUT2D eigenvalue weighted by atomic mass is 31.1. The van der Waals surface area contributed by atoms with Crippen LogP contribution < -0.4 is 10.6 Å². The van der Waals surface area contributed by atoms with Crippen molar-refractivity contribution in [3.63, 3.8) is 0 Å². The molecule has 1 fully saturated rings. The van der Waals surface area contributed by atoms with Crippen molar-refractivity contribution in [2.75, 3.05) is 20.3 Å². The predicted molar refractivity (Wildman–Crippen MR) is 133 cm³/mol. The van der Waals surface area contributed by atoms with Crippen LogP contribution in [0.25, 0.3) is 0 Å². The standard InChI is InChI=1S/C27H31N2OP/c1-22(31(25-16-8-4-9-17-25)26-18-10-5-11-19-26)27(23-13-6-3-7-14-23)28-29-20-12-15-24(29)21-30-2/h3-11,13-14,16-19,22,24H,12,15,20-21H2,1-2H3/b28-27+/t22-,24+/m1/s1. The van der Waals surface area contributed by atoms with Crippen LogP contribution in [0.3, 0.4) is 0 Å². The van der Waals surface area contributed by atoms with Gasteiger partial charge in [-0.1, -0.05) is 97.9 Å². The molecule has 0 saturated carbocycles. The first-order chi connectivity index (χ1) is 15.3. The van der Waals surface area contributed by atoms with E-state index in [0.29, 0.717) is 6.04 Å². The highest BCUT2D eigenvalue weighted by Crippen LogP contribution is 2.41. The summed E-state index contributed by atoms with van der Waals surface area (Å²) in [5.41, 5.74) is 2.64. The first-order valence-electron chi connectivity index (χ1n) is 11.1. The van der Waals surface area contributed by atoms with Gasteiger partial charge in [-0.05, 0) is 36.9 Å². The fraction of sp³-hybridized carbons (Fsp3) is 0.296. The minimum Gasteiger partial charge on any atom is -0.382 e. The minimum absolute atomic E-state index is 0.269. The van der Waals surface area contributed by atoms with E-state index >= 15 is 0 Å². The van der Waals surface area contributed by atoms with Crippen molar-refractivity contribution in [2.24, 2.45) is 5.10 Å². The van der Waals surface area contributed by atoms with Crippen molar-refractivity contribution >= 4 is 24.2 Å². The van der Waals surface area contributed by atoms with Gasteiger partial charge in [0.1, 0.15) is 0 Å². The summed E-state index contributed by atoms with van der Waals surface area (Å²) in [4.78, 5) is 0. The van der Waals surface area contributed by atoms with E-state index < -0.39 is 7.92 Å². The van der Waals surface area contributed by atoms with E-state index in [1.807, 2.05) is 0 Å². The summed E-state index contributed by atoms with van der Waals surface area (Å²) in [6.45, 7) is 4.07. The van der Waals surface area contributed by atoms with Gasteiger partial charge < -0.3 is 4.74 Å². The molecule has 2 atom stereocenters. The Morgan fingerprint density at radius 2 is 1.48 bits per heavy atom. The van der Waals surface area contributed by atoms with E-state index in [2.05, 4.69) is 103 Å². The Bertz CT molecular complexity index is 923. The molecule has 4 heteroatoms. The van der Waals surface area contributed by atoms with Crippen LogP contribution in [0, 0.1) is 0 Å². The van der Waals surface area contributed by atoms with Gasteiger partial charge in [-0.25, -0.2) is 0 Å². The number of methoxy groups -OCH3 is 1. The van der Waals surface area contributed by atoms with Crippen LogP contribution in [-0.4, -0.2) is 42.7 Å². The number of rotatable bonds is 8. The molecule has 0 spiro atoms. The van der Waals surface area contributed by atoms with Crippen LogP contribution in [0.15, 0.2) is 96.1 Å². The van der Waals surface area contributed by atoms with Crippen molar-refractivity contribution in [2.45, 2.75) is 31.5 Å². The Labute approximate surface area is 187 Å². The average molecular weight is 431 g/mol. The molecule has 3 aromatic rings. The molecule has 3 nitrogen and oxygen atoms in total. The number of ether oxygens (including phenoxy) is 1. The number of hydrazone groups is 1. The molecular weight excluding hydrogens is 399 g/mol. The summed E-state index contributed by atoms with van der Waals surface area (Å²) in [5.74, 6) is 0. The molecule has 1 aliphatic heterocycles. The molecule has 160 valence electrons. The largest absolute Gasteiger partial charge is 0.382 e. The third kappa shape index (κ3) is 5.23. The van der Waals surface area contributed by atoms with Crippen LogP contribution in [0.1, 0.15) is 25.3 Å². The highest BCUT2D eigenvalue weighted by Gasteiger charge is 2.29. The SMILES string of the molecule is COC[C@@H]1CCCN1/N=C(/c1ccccc1)[C@@H](C)P(c1ccccc1)c1ccccc1. The summed E-state index contributed by atoms with van der Waals surface area (Å²) in [6, 6.07) is 32.9. The van der Waals surface area contributed by atoms with Gasteiger partial charge >= 0.3 is 0 Å². The molecule has 3 aromatic carbocycles. The zero-order valence-electron chi connectivity index (χ0n) is 18.4. The maximum absolute atomic E-state index is 5.48. The summed E-state index contributed by atoms with van der Waals surface area (Å²) >= 11 is 0. The molecule has 1 aliphatic rings. The molecule has 0 aliphatic carbocycles. The molecule has 0 amide bonds. The maximum atomic E-state index is 5.48. The summed E-state index contributed by atoms with van der Waals surface area (Å²) < 4.78 is 5.48. The van der Waals surface area contributed by atoms with Crippen molar-refractivity contribution in [1.29, 1.82) is 0 Å². The van der Waals surface area contributed by atoms with Gasteiger partial charge in [-0.15, -0.1) is 0 Å². The highest BCUT2D eigenvalue weighted by molar-refractivity contribution is 7.74. The lowest BCUT2D eigenvalue weighted by Crippen LogP contribution is -2.33. The zero-order chi connectivity index (χ0) is 21.5. The van der Waals surface area contributed by atoms with E-state index in [9.17, 15) is 0 Å². The molecule has 31 heavy (non-hydrogen) atoms. The number of hydrogen-bond donors (Lipinski definition) is 0. The van der Waals surface area contributed by atoms with Gasteiger partial charge in [0, 0.05) is 19.3 Å². The Hall–Kier alpha value is -2.48. The van der Waals surface area contributed by atoms with Gasteiger partial charge in [-0.3, -0.25) is 5.01 Å². The second-order valence-electron chi connectivity index (χ2n) is 7.98. The van der Waals surface area contributed by atoms with Crippen LogP contribution in [0.2, 0.25) is 0 Å². The third-order valence-corrected chi connectivity index (χ3v) is 8.59. The molecule has 4 rings (SSSR count). The van der Waals surface area contributed by atoms with Crippen LogP contribution in [0.5, 0.6) is 0 Å². The average Bonchev–Trinajstić information content (AvgIpc) is 3.26. The topological polar surface area (TPSA) is 24.8 Å². The lowest BCUT2D eigenvalue weighted by atomic mass is 10.1. The van der Waals surface area contributed by atoms with E-state index in [-0.39, 0.29) is 5.66 Å². The minimum atomic E-state index is -0.606. The fourth-order valence-corrected chi connectivity index (χ4v) is 6.96. The Kier molecular flexibility index (Phi) is 7.51. The maximum Gasteiger partial charge on any atom is 0.0754 e. The smallest absolute Gasteiger partial charge is 0.0754 e. The molecule has 0 bridgehead atoms. The van der Waals surface area contributed by atoms with Gasteiger partial charge in [0.2, 0.25) is 0 Å². The monoisotopic (exact) mass is 430 g/mol. The molecular formula is C27H31N2OP. The Morgan fingerprint density at radius 3 is 2.03 bits per heavy atom. The number of benzene rings is 3. The van der Waals surface area contributed by atoms with Crippen molar-refractivity contribution in [3.8, 4) is 0 Å². The predicted octanol–water partition coefficient (Wildman–Crippen LogP) is 5.02. The summed E-state index contributed by atoms with van der Waals surface area (Å²) in [6.07, 6.45) is 2.31. The first-order valence-corrected chi connectivity index (χ1v) is 12.5. The second kappa shape index (κ2) is 10.7. The van der Waals surface area contributed by atoms with Gasteiger partial charge in [0.15, 0.2) is 0 Å². The number of hydrogen-bond acceptors (Lipinski definition) is 3. The molecule has 0 aromatic heterocycles. The lowest BCUT2D eigenvalue weighted by molar-refractivity contribution is 0.118. The van der Waals surface area contributed by atoms with Crippen molar-refractivity contribution in [1.82, 2.24) is 5.01 Å². The Balaban J connectivity index is 1.78. The van der Waals surface area contributed by atoms with Gasteiger partial charge in [0.25, 0.3) is 0 Å².